The van der Waals surface area contributed by atoms with Crippen molar-refractivity contribution >= 4 is 11.8 Å². The highest BCUT2D eigenvalue weighted by molar-refractivity contribution is 5.87. The number of aromatic nitrogens is 1. The molecule has 1 N–H and O–H groups in total. The van der Waals surface area contributed by atoms with Gasteiger partial charge in [-0.2, -0.15) is 0 Å². The molecule has 5 heteroatoms. The number of nitrogens with zero attached hydrogens (tertiary/aromatic N) is 2. The van der Waals surface area contributed by atoms with Gasteiger partial charge in [-0.3, -0.25) is 4.79 Å². The summed E-state index contributed by atoms with van der Waals surface area (Å²) in [6, 6.07) is 2.07. The summed E-state index contributed by atoms with van der Waals surface area (Å²) in [6.07, 6.45) is 6.70. The van der Waals surface area contributed by atoms with Crippen molar-refractivity contribution in [1.82, 2.24) is 4.98 Å². The van der Waals surface area contributed by atoms with Gasteiger partial charge in [0, 0.05) is 24.8 Å². The Balaban J connectivity index is 1.83. The molecule has 1 saturated heterocycles. The summed E-state index contributed by atoms with van der Waals surface area (Å²) in [7, 11) is 0. The van der Waals surface area contributed by atoms with E-state index in [4.69, 9.17) is 4.74 Å². The predicted octanol–water partition coefficient (Wildman–Crippen LogP) is 3.15. The van der Waals surface area contributed by atoms with Crippen LogP contribution in [0.15, 0.2) is 12.3 Å². The summed E-state index contributed by atoms with van der Waals surface area (Å²) in [6.45, 7) is 7.96. The van der Waals surface area contributed by atoms with E-state index in [-0.39, 0.29) is 6.10 Å². The molecule has 5 nitrogen and oxygen atoms in total. The van der Waals surface area contributed by atoms with Crippen LogP contribution in [0.3, 0.4) is 0 Å². The van der Waals surface area contributed by atoms with Crippen LogP contribution >= 0.6 is 0 Å². The molecule has 132 valence electrons. The minimum atomic E-state index is -0.711. The molecule has 0 spiro atoms. The van der Waals surface area contributed by atoms with Crippen molar-refractivity contribution in [3.63, 3.8) is 0 Å². The molecule has 3 rings (SSSR count). The zero-order valence-corrected chi connectivity index (χ0v) is 14.9. The van der Waals surface area contributed by atoms with Crippen molar-refractivity contribution in [2.24, 2.45) is 0 Å². The second-order valence-electron chi connectivity index (χ2n) is 7.33. The average Bonchev–Trinajstić information content (AvgIpc) is 3.36. The first kappa shape index (κ1) is 17.2. The van der Waals surface area contributed by atoms with E-state index in [1.807, 2.05) is 6.20 Å². The average molecular weight is 332 g/mol. The van der Waals surface area contributed by atoms with Gasteiger partial charge in [-0.15, -0.1) is 0 Å². The maximum absolute atomic E-state index is 11.8. The van der Waals surface area contributed by atoms with Gasteiger partial charge in [0.1, 0.15) is 5.82 Å². The number of anilines is 1. The Kier molecular flexibility index (Phi) is 4.81. The van der Waals surface area contributed by atoms with Crippen LogP contribution in [0.25, 0.3) is 0 Å². The normalized spacial score (nSPS) is 20.4. The van der Waals surface area contributed by atoms with Crippen LogP contribution in [0.5, 0.6) is 0 Å². The number of carbonyl (C=O) groups is 1. The summed E-state index contributed by atoms with van der Waals surface area (Å²) in [5.41, 5.74) is 1.32. The number of aryl methyl sites for hydroxylation is 1. The second kappa shape index (κ2) is 6.71. The lowest BCUT2D eigenvalue weighted by atomic mass is 9.93. The molecule has 1 aliphatic carbocycles. The number of hydrogen-bond donors (Lipinski definition) is 1. The molecule has 0 radical (unpaired) electrons. The smallest absolute Gasteiger partial charge is 0.314 e. The third kappa shape index (κ3) is 3.27. The van der Waals surface area contributed by atoms with Gasteiger partial charge in [0.2, 0.25) is 0 Å². The van der Waals surface area contributed by atoms with E-state index in [1.54, 1.807) is 0 Å². The van der Waals surface area contributed by atoms with Crippen LogP contribution in [0.2, 0.25) is 0 Å². The van der Waals surface area contributed by atoms with Gasteiger partial charge in [0.05, 0.1) is 17.6 Å². The molecule has 0 bridgehead atoms. The number of rotatable bonds is 6. The number of carboxylic acid groups (broad SMARTS) is 1. The number of ether oxygens (including phenoxy) is 1. The van der Waals surface area contributed by atoms with Crippen molar-refractivity contribution < 1.29 is 14.6 Å². The van der Waals surface area contributed by atoms with E-state index in [1.165, 1.54) is 0 Å². The summed E-state index contributed by atoms with van der Waals surface area (Å²) in [5.74, 6) is 0.159. The quantitative estimate of drug-likeness (QED) is 0.867. The molecule has 0 unspecified atom stereocenters. The number of aliphatic carboxylic acids is 1. The number of hydrogen-bond acceptors (Lipinski definition) is 4. The van der Waals surface area contributed by atoms with Gasteiger partial charge in [-0.1, -0.05) is 6.92 Å². The fourth-order valence-corrected chi connectivity index (χ4v) is 3.61. The number of pyridine rings is 1. The minimum absolute atomic E-state index is 0.251. The van der Waals surface area contributed by atoms with Crippen molar-refractivity contribution in [1.29, 1.82) is 0 Å². The van der Waals surface area contributed by atoms with Crippen LogP contribution in [-0.4, -0.2) is 41.4 Å². The molecule has 2 aliphatic rings. The maximum atomic E-state index is 11.8. The molecular formula is C19H28N2O3. The van der Waals surface area contributed by atoms with E-state index in [0.29, 0.717) is 6.10 Å². The Hall–Kier alpha value is -1.62. The number of carboxylic acids is 1. The molecule has 1 aromatic heterocycles. The van der Waals surface area contributed by atoms with Gasteiger partial charge >= 0.3 is 5.97 Å². The van der Waals surface area contributed by atoms with Crippen molar-refractivity contribution in [3.8, 4) is 0 Å². The molecule has 0 aromatic carbocycles. The lowest BCUT2D eigenvalue weighted by Gasteiger charge is -2.35. The fraction of sp³-hybridized carbons (Fsp3) is 0.684. The first-order valence-electron chi connectivity index (χ1n) is 9.09. The molecule has 1 aromatic rings. The molecule has 1 aliphatic heterocycles. The molecule has 1 saturated carbocycles. The number of piperidine rings is 1. The predicted molar refractivity (Wildman–Crippen MR) is 93.6 cm³/mol. The topological polar surface area (TPSA) is 62.7 Å². The molecule has 0 amide bonds. The molecule has 2 fully saturated rings. The first-order valence-corrected chi connectivity index (χ1v) is 9.09. The summed E-state index contributed by atoms with van der Waals surface area (Å²) < 4.78 is 5.92. The van der Waals surface area contributed by atoms with Crippen LogP contribution in [0.4, 0.5) is 5.82 Å². The highest BCUT2D eigenvalue weighted by atomic mass is 16.5. The summed E-state index contributed by atoms with van der Waals surface area (Å²) in [5, 5.41) is 9.72. The Morgan fingerprint density at radius 3 is 2.58 bits per heavy atom. The minimum Gasteiger partial charge on any atom is -0.481 e. The van der Waals surface area contributed by atoms with Gasteiger partial charge < -0.3 is 14.7 Å². The van der Waals surface area contributed by atoms with Gasteiger partial charge in [-0.25, -0.2) is 4.98 Å². The molecule has 2 heterocycles. The summed E-state index contributed by atoms with van der Waals surface area (Å²) >= 11 is 0. The lowest BCUT2D eigenvalue weighted by molar-refractivity contribution is -0.140. The third-order valence-electron chi connectivity index (χ3n) is 5.21. The Labute approximate surface area is 144 Å². The molecule has 24 heavy (non-hydrogen) atoms. The van der Waals surface area contributed by atoms with Gasteiger partial charge in [-0.05, 0) is 57.6 Å². The van der Waals surface area contributed by atoms with Crippen LogP contribution in [-0.2, 0) is 21.4 Å². The standard InChI is InChI=1S/C19H28N2O3/c1-4-14-11-16(19(7-8-19)18(22)23)17(20-12-14)21-9-5-15(6-10-21)24-13(2)3/h11-13,15H,4-10H2,1-3H3,(H,22,23). The lowest BCUT2D eigenvalue weighted by Crippen LogP contribution is -2.39. The van der Waals surface area contributed by atoms with E-state index < -0.39 is 11.4 Å². The maximum Gasteiger partial charge on any atom is 0.314 e. The molecule has 0 atom stereocenters. The highest BCUT2D eigenvalue weighted by Crippen LogP contribution is 2.51. The second-order valence-corrected chi connectivity index (χ2v) is 7.33. The fourth-order valence-electron chi connectivity index (χ4n) is 3.61. The van der Waals surface area contributed by atoms with Gasteiger partial charge in [0.25, 0.3) is 0 Å². The third-order valence-corrected chi connectivity index (χ3v) is 5.21. The zero-order valence-electron chi connectivity index (χ0n) is 14.9. The van der Waals surface area contributed by atoms with E-state index >= 15 is 0 Å². The largest absolute Gasteiger partial charge is 0.481 e. The Morgan fingerprint density at radius 2 is 2.08 bits per heavy atom. The Bertz CT molecular complexity index is 603. The van der Waals surface area contributed by atoms with Crippen LogP contribution in [0.1, 0.15) is 57.6 Å². The highest BCUT2D eigenvalue weighted by Gasteiger charge is 2.54. The van der Waals surface area contributed by atoms with E-state index in [0.717, 1.165) is 62.1 Å². The SMILES string of the molecule is CCc1cnc(N2CCC(OC(C)C)CC2)c(C2(C(=O)O)CC2)c1. The van der Waals surface area contributed by atoms with Crippen LogP contribution < -0.4 is 4.90 Å². The van der Waals surface area contributed by atoms with Gasteiger partial charge in [0.15, 0.2) is 0 Å². The zero-order chi connectivity index (χ0) is 17.3. The monoisotopic (exact) mass is 332 g/mol. The summed E-state index contributed by atoms with van der Waals surface area (Å²) in [4.78, 5) is 18.7. The first-order chi connectivity index (χ1) is 11.5. The van der Waals surface area contributed by atoms with Crippen LogP contribution in [0, 0.1) is 0 Å². The van der Waals surface area contributed by atoms with Crippen molar-refractivity contribution in [3.05, 3.63) is 23.4 Å². The Morgan fingerprint density at radius 1 is 1.42 bits per heavy atom. The van der Waals surface area contributed by atoms with E-state index in [9.17, 15) is 9.90 Å². The van der Waals surface area contributed by atoms with Crippen molar-refractivity contribution in [2.75, 3.05) is 18.0 Å². The van der Waals surface area contributed by atoms with E-state index in [2.05, 4.69) is 36.7 Å². The molecular weight excluding hydrogens is 304 g/mol. The van der Waals surface area contributed by atoms with Crippen molar-refractivity contribution in [2.45, 2.75) is 70.5 Å².